The van der Waals surface area contributed by atoms with Crippen LogP contribution in [-0.4, -0.2) is 42.6 Å². The molecule has 7 nitrogen and oxygen atoms in total. The highest BCUT2D eigenvalue weighted by molar-refractivity contribution is 7.19. The smallest absolute Gasteiger partial charge is 0.397 e. The van der Waals surface area contributed by atoms with Crippen molar-refractivity contribution in [1.29, 1.82) is 0 Å². The van der Waals surface area contributed by atoms with Crippen molar-refractivity contribution >= 4 is 33.8 Å². The quantitative estimate of drug-likeness (QED) is 0.416. The number of halogens is 3. The predicted octanol–water partition coefficient (Wildman–Crippen LogP) is 4.14. The Bertz CT molecular complexity index is 1190. The molecule has 0 bridgehead atoms. The second-order valence-electron chi connectivity index (χ2n) is 7.86. The SMILES string of the molecule is Nc1c(C(=O)c2ccccc2)sc(NCc2ccccc2)c1C1CNCCN1OC(=O)C(F)(F)F. The van der Waals surface area contributed by atoms with Crippen LogP contribution in [0.3, 0.4) is 0 Å². The zero-order valence-electron chi connectivity index (χ0n) is 18.5. The Morgan fingerprint density at radius 1 is 1.11 bits per heavy atom. The van der Waals surface area contributed by atoms with Gasteiger partial charge in [-0.1, -0.05) is 60.7 Å². The molecule has 3 aromatic rings. The number of benzene rings is 2. The second kappa shape index (κ2) is 10.5. The van der Waals surface area contributed by atoms with Gasteiger partial charge in [0.2, 0.25) is 5.78 Å². The van der Waals surface area contributed by atoms with Crippen molar-refractivity contribution in [3.8, 4) is 0 Å². The van der Waals surface area contributed by atoms with Gasteiger partial charge in [0.1, 0.15) is 4.88 Å². The molecule has 4 rings (SSSR count). The minimum atomic E-state index is -5.14. The lowest BCUT2D eigenvalue weighted by Crippen LogP contribution is -2.48. The molecular weight excluding hydrogens is 481 g/mol. The summed E-state index contributed by atoms with van der Waals surface area (Å²) in [5, 5.41) is 7.87. The maximum Gasteiger partial charge on any atom is 0.492 e. The molecule has 1 fully saturated rings. The Labute approximate surface area is 203 Å². The first-order valence-electron chi connectivity index (χ1n) is 10.8. The van der Waals surface area contributed by atoms with E-state index in [1.54, 1.807) is 30.3 Å². The highest BCUT2D eigenvalue weighted by atomic mass is 32.1. The highest BCUT2D eigenvalue weighted by Crippen LogP contribution is 2.43. The normalized spacial score (nSPS) is 16.6. The molecule has 2 heterocycles. The van der Waals surface area contributed by atoms with E-state index in [0.29, 0.717) is 29.2 Å². The number of nitrogens with zero attached hydrogens (tertiary/aromatic N) is 1. The van der Waals surface area contributed by atoms with Crippen LogP contribution in [0, 0.1) is 0 Å². The third kappa shape index (κ3) is 5.64. The molecule has 0 amide bonds. The monoisotopic (exact) mass is 504 g/mol. The van der Waals surface area contributed by atoms with Crippen molar-refractivity contribution in [2.24, 2.45) is 0 Å². The summed E-state index contributed by atoms with van der Waals surface area (Å²) in [7, 11) is 0. The van der Waals surface area contributed by atoms with Gasteiger partial charge in [0.25, 0.3) is 0 Å². The first kappa shape index (κ1) is 24.7. The van der Waals surface area contributed by atoms with Crippen LogP contribution in [0.2, 0.25) is 0 Å². The molecule has 4 N–H and O–H groups in total. The van der Waals surface area contributed by atoms with Crippen LogP contribution in [0.25, 0.3) is 0 Å². The number of rotatable bonds is 7. The van der Waals surface area contributed by atoms with E-state index in [1.807, 2.05) is 30.3 Å². The molecule has 184 valence electrons. The largest absolute Gasteiger partial charge is 0.492 e. The number of nitrogen functional groups attached to an aromatic ring is 1. The number of hydroxylamine groups is 2. The van der Waals surface area contributed by atoms with Crippen LogP contribution in [0.1, 0.15) is 32.4 Å². The van der Waals surface area contributed by atoms with E-state index in [0.717, 1.165) is 22.0 Å². The van der Waals surface area contributed by atoms with E-state index in [9.17, 15) is 22.8 Å². The van der Waals surface area contributed by atoms with Crippen molar-refractivity contribution < 1.29 is 27.6 Å². The summed E-state index contributed by atoms with van der Waals surface area (Å²) in [5.74, 6) is -2.61. The van der Waals surface area contributed by atoms with Gasteiger partial charge in [-0.3, -0.25) is 4.79 Å². The molecule has 11 heteroatoms. The van der Waals surface area contributed by atoms with E-state index in [1.165, 1.54) is 0 Å². The van der Waals surface area contributed by atoms with Gasteiger partial charge in [-0.25, -0.2) is 4.79 Å². The Balaban J connectivity index is 1.71. The van der Waals surface area contributed by atoms with E-state index in [4.69, 9.17) is 10.6 Å². The predicted molar refractivity (Wildman–Crippen MR) is 127 cm³/mol. The summed E-state index contributed by atoms with van der Waals surface area (Å²) in [4.78, 5) is 29.8. The zero-order valence-corrected chi connectivity index (χ0v) is 19.3. The number of nitrogens with two attached hydrogens (primary N) is 1. The number of nitrogens with one attached hydrogen (secondary N) is 2. The number of hydrogen-bond acceptors (Lipinski definition) is 8. The van der Waals surface area contributed by atoms with Crippen LogP contribution in [0.15, 0.2) is 60.7 Å². The van der Waals surface area contributed by atoms with Crippen LogP contribution < -0.4 is 16.4 Å². The third-order valence-electron chi connectivity index (χ3n) is 5.48. The third-order valence-corrected chi connectivity index (χ3v) is 6.66. The average molecular weight is 505 g/mol. The summed E-state index contributed by atoms with van der Waals surface area (Å²) >= 11 is 1.13. The maximum absolute atomic E-state index is 13.2. The molecule has 1 aliphatic heterocycles. The standard InChI is InChI=1S/C24H23F3N4O3S/c25-24(26,27)23(33)34-31-12-11-29-14-17(31)18-19(28)21(20(32)16-9-5-2-6-10-16)35-22(18)30-13-15-7-3-1-4-8-15/h1-10,17,29-30H,11-14,28H2. The molecule has 1 atom stereocenters. The lowest BCUT2D eigenvalue weighted by molar-refractivity contribution is -0.249. The minimum absolute atomic E-state index is 0.0157. The van der Waals surface area contributed by atoms with E-state index < -0.39 is 18.2 Å². The molecule has 1 saturated heterocycles. The number of carbonyl (C=O) groups is 2. The zero-order chi connectivity index (χ0) is 25.0. The van der Waals surface area contributed by atoms with Crippen molar-refractivity contribution in [2.75, 3.05) is 30.7 Å². The van der Waals surface area contributed by atoms with Gasteiger partial charge in [-0.05, 0) is 5.56 Å². The van der Waals surface area contributed by atoms with Gasteiger partial charge in [0.15, 0.2) is 0 Å². The van der Waals surface area contributed by atoms with Crippen LogP contribution in [0.4, 0.5) is 23.9 Å². The lowest BCUT2D eigenvalue weighted by Gasteiger charge is -2.35. The van der Waals surface area contributed by atoms with E-state index in [-0.39, 0.29) is 29.4 Å². The van der Waals surface area contributed by atoms with Gasteiger partial charge in [-0.2, -0.15) is 13.2 Å². The first-order valence-corrected chi connectivity index (χ1v) is 11.6. The summed E-state index contributed by atoms with van der Waals surface area (Å²) in [5.41, 5.74) is 8.40. The Kier molecular flexibility index (Phi) is 7.39. The number of hydrogen-bond donors (Lipinski definition) is 3. The second-order valence-corrected chi connectivity index (χ2v) is 8.88. The maximum atomic E-state index is 13.2. The van der Waals surface area contributed by atoms with E-state index in [2.05, 4.69) is 10.6 Å². The van der Waals surface area contributed by atoms with E-state index >= 15 is 0 Å². The highest BCUT2D eigenvalue weighted by Gasteiger charge is 2.44. The summed E-state index contributed by atoms with van der Waals surface area (Å²) in [6.07, 6.45) is -5.14. The number of ketones is 1. The Morgan fingerprint density at radius 3 is 2.43 bits per heavy atom. The van der Waals surface area contributed by atoms with Crippen molar-refractivity contribution in [3.05, 3.63) is 82.2 Å². The molecule has 1 unspecified atom stereocenters. The molecule has 1 aliphatic rings. The van der Waals surface area contributed by atoms with Crippen molar-refractivity contribution in [1.82, 2.24) is 10.4 Å². The molecule has 0 aliphatic carbocycles. The number of anilines is 2. The topological polar surface area (TPSA) is 96.7 Å². The van der Waals surface area contributed by atoms with Gasteiger partial charge in [0.05, 0.1) is 16.7 Å². The van der Waals surface area contributed by atoms with Gasteiger partial charge < -0.3 is 21.2 Å². The number of piperazine rings is 1. The molecular formula is C24H23F3N4O3S. The van der Waals surface area contributed by atoms with Gasteiger partial charge >= 0.3 is 12.1 Å². The molecule has 0 radical (unpaired) electrons. The fourth-order valence-corrected chi connectivity index (χ4v) is 4.92. The lowest BCUT2D eigenvalue weighted by atomic mass is 10.0. The molecule has 35 heavy (non-hydrogen) atoms. The molecule has 2 aromatic carbocycles. The van der Waals surface area contributed by atoms with Crippen LogP contribution >= 0.6 is 11.3 Å². The molecule has 0 saturated carbocycles. The van der Waals surface area contributed by atoms with Gasteiger partial charge in [0, 0.05) is 37.3 Å². The summed E-state index contributed by atoms with van der Waals surface area (Å²) in [6.45, 7) is 0.899. The fraction of sp³-hybridized carbons (Fsp3) is 0.250. The molecule has 0 spiro atoms. The Morgan fingerprint density at radius 2 is 1.77 bits per heavy atom. The fourth-order valence-electron chi connectivity index (χ4n) is 3.79. The summed E-state index contributed by atoms with van der Waals surface area (Å²) in [6, 6.07) is 17.2. The number of alkyl halides is 3. The molecule has 1 aromatic heterocycles. The number of carbonyl (C=O) groups excluding carboxylic acids is 2. The van der Waals surface area contributed by atoms with Gasteiger partial charge in [-0.15, -0.1) is 16.4 Å². The minimum Gasteiger partial charge on any atom is -0.397 e. The summed E-state index contributed by atoms with van der Waals surface area (Å²) < 4.78 is 38.7. The van der Waals surface area contributed by atoms with Crippen molar-refractivity contribution in [2.45, 2.75) is 18.8 Å². The number of thiophene rings is 1. The van der Waals surface area contributed by atoms with Crippen LogP contribution in [0.5, 0.6) is 0 Å². The van der Waals surface area contributed by atoms with Crippen LogP contribution in [-0.2, 0) is 16.2 Å². The van der Waals surface area contributed by atoms with Crippen molar-refractivity contribution in [3.63, 3.8) is 0 Å². The average Bonchev–Trinajstić information content (AvgIpc) is 3.19. The first-order chi connectivity index (χ1) is 16.8. The Hall–Kier alpha value is -3.41.